The molecule has 0 unspecified atom stereocenters. The van der Waals surface area contributed by atoms with Crippen LogP contribution in [0.3, 0.4) is 0 Å². The summed E-state index contributed by atoms with van der Waals surface area (Å²) in [6.45, 7) is 3.56. The smallest absolute Gasteiger partial charge is 0.461 e. The van der Waals surface area contributed by atoms with E-state index < -0.39 is 22.2 Å². The first-order valence-electron chi connectivity index (χ1n) is 12.8. The molecule has 2 aromatic heterocycles. The average Bonchev–Trinajstić information content (AvgIpc) is 3.59. The Hall–Kier alpha value is -4.98. The molecule has 0 saturated heterocycles. The summed E-state index contributed by atoms with van der Waals surface area (Å²) in [5, 5.41) is 8.30. The summed E-state index contributed by atoms with van der Waals surface area (Å²) in [5.74, 6) is -0.515. The second-order valence-electron chi connectivity index (χ2n) is 9.37. The van der Waals surface area contributed by atoms with Crippen molar-refractivity contribution >= 4 is 15.8 Å². The highest BCUT2D eigenvalue weighted by Crippen LogP contribution is 2.33. The standard InChI is InChI=1S/C29H24F3N5O5S/c1-4-41-28(38)24-17-36(18(2)34-24)25-13-10-21(20-6-5-7-23(14-20)43(3,39)40)15-26(25)37-27(16-33-35-37)19-8-11-22(12-9-19)42-29(30,31)32/h5-17H,4H2,1-3H3. The number of carbonyl (C=O) groups is 1. The van der Waals surface area contributed by atoms with Gasteiger partial charge in [0.1, 0.15) is 11.6 Å². The lowest BCUT2D eigenvalue weighted by Gasteiger charge is -2.16. The second-order valence-corrected chi connectivity index (χ2v) is 11.4. The number of ether oxygens (including phenoxy) is 2. The third kappa shape index (κ3) is 6.43. The van der Waals surface area contributed by atoms with Crippen LogP contribution in [0.2, 0.25) is 0 Å². The summed E-state index contributed by atoms with van der Waals surface area (Å²) >= 11 is 0. The van der Waals surface area contributed by atoms with E-state index in [1.165, 1.54) is 47.4 Å². The van der Waals surface area contributed by atoms with Crippen LogP contribution in [0.25, 0.3) is 33.8 Å². The Morgan fingerprint density at radius 3 is 2.33 bits per heavy atom. The Bertz CT molecular complexity index is 1920. The second kappa shape index (κ2) is 11.4. The molecular formula is C29H24F3N5O5S. The lowest BCUT2D eigenvalue weighted by atomic mass is 10.0. The number of hydrogen-bond acceptors (Lipinski definition) is 8. The Labute approximate surface area is 244 Å². The van der Waals surface area contributed by atoms with Crippen molar-refractivity contribution in [1.82, 2.24) is 24.5 Å². The number of benzene rings is 3. The van der Waals surface area contributed by atoms with Crippen LogP contribution in [-0.4, -0.2) is 58.2 Å². The zero-order valence-electron chi connectivity index (χ0n) is 23.0. The lowest BCUT2D eigenvalue weighted by Crippen LogP contribution is -2.16. The fraction of sp³-hybridized carbons (Fsp3) is 0.172. The van der Waals surface area contributed by atoms with Crippen LogP contribution >= 0.6 is 0 Å². The minimum Gasteiger partial charge on any atom is -0.461 e. The number of carbonyl (C=O) groups excluding carboxylic acids is 1. The number of nitrogens with zero attached hydrogens (tertiary/aromatic N) is 5. The van der Waals surface area contributed by atoms with E-state index in [0.29, 0.717) is 39.6 Å². The molecule has 0 aliphatic carbocycles. The number of aromatic nitrogens is 5. The topological polar surface area (TPSA) is 118 Å². The summed E-state index contributed by atoms with van der Waals surface area (Å²) < 4.78 is 74.7. The Morgan fingerprint density at radius 2 is 1.65 bits per heavy atom. The molecule has 0 bridgehead atoms. The van der Waals surface area contributed by atoms with Crippen LogP contribution in [0, 0.1) is 6.92 Å². The molecular weight excluding hydrogens is 587 g/mol. The van der Waals surface area contributed by atoms with Crippen LogP contribution in [0.1, 0.15) is 23.2 Å². The largest absolute Gasteiger partial charge is 0.573 e. The van der Waals surface area contributed by atoms with E-state index in [9.17, 15) is 26.4 Å². The van der Waals surface area contributed by atoms with Gasteiger partial charge in [0.05, 0.1) is 34.8 Å². The lowest BCUT2D eigenvalue weighted by molar-refractivity contribution is -0.274. The van der Waals surface area contributed by atoms with Crippen molar-refractivity contribution in [1.29, 1.82) is 0 Å². The highest BCUT2D eigenvalue weighted by atomic mass is 32.2. The number of aryl methyl sites for hydroxylation is 1. The van der Waals surface area contributed by atoms with E-state index in [4.69, 9.17) is 4.74 Å². The molecule has 0 spiro atoms. The van der Waals surface area contributed by atoms with Crippen molar-refractivity contribution in [2.45, 2.75) is 25.1 Å². The molecule has 222 valence electrons. The van der Waals surface area contributed by atoms with E-state index in [-0.39, 0.29) is 22.9 Å². The maximum atomic E-state index is 12.7. The van der Waals surface area contributed by atoms with E-state index >= 15 is 0 Å². The predicted molar refractivity (Wildman–Crippen MR) is 150 cm³/mol. The molecule has 2 heterocycles. The van der Waals surface area contributed by atoms with Crippen molar-refractivity contribution in [2.75, 3.05) is 12.9 Å². The Balaban J connectivity index is 1.67. The van der Waals surface area contributed by atoms with E-state index in [0.717, 1.165) is 6.26 Å². The molecule has 0 aliphatic heterocycles. The van der Waals surface area contributed by atoms with Crippen molar-refractivity contribution in [2.24, 2.45) is 0 Å². The maximum Gasteiger partial charge on any atom is 0.573 e. The third-order valence-corrected chi connectivity index (χ3v) is 7.47. The molecule has 10 nitrogen and oxygen atoms in total. The predicted octanol–water partition coefficient (Wildman–Crippen LogP) is 5.57. The number of halogens is 3. The van der Waals surface area contributed by atoms with Gasteiger partial charge in [-0.15, -0.1) is 18.3 Å². The van der Waals surface area contributed by atoms with Crippen molar-refractivity contribution < 1.29 is 35.9 Å². The molecule has 14 heteroatoms. The molecule has 0 atom stereocenters. The van der Waals surface area contributed by atoms with Crippen molar-refractivity contribution in [3.63, 3.8) is 0 Å². The fourth-order valence-electron chi connectivity index (χ4n) is 4.44. The summed E-state index contributed by atoms with van der Waals surface area (Å²) in [5.41, 5.74) is 3.27. The van der Waals surface area contributed by atoms with Crippen LogP contribution in [0.5, 0.6) is 5.75 Å². The molecule has 5 rings (SSSR count). The average molecular weight is 612 g/mol. The normalized spacial score (nSPS) is 11.9. The van der Waals surface area contributed by atoms with Gasteiger partial charge in [-0.2, -0.15) is 0 Å². The number of imidazole rings is 1. The summed E-state index contributed by atoms with van der Waals surface area (Å²) in [4.78, 5) is 16.9. The van der Waals surface area contributed by atoms with Gasteiger partial charge in [-0.3, -0.25) is 0 Å². The maximum absolute atomic E-state index is 12.7. The number of esters is 1. The number of hydrogen-bond donors (Lipinski definition) is 0. The van der Waals surface area contributed by atoms with E-state index in [1.54, 1.807) is 54.8 Å². The SMILES string of the molecule is CCOC(=O)c1cn(-c2ccc(-c3cccc(S(C)(=O)=O)c3)cc2-n2nncc2-c2ccc(OC(F)(F)F)cc2)c(C)n1. The van der Waals surface area contributed by atoms with Gasteiger partial charge >= 0.3 is 12.3 Å². The van der Waals surface area contributed by atoms with Crippen molar-refractivity contribution in [3.8, 4) is 39.5 Å². The van der Waals surface area contributed by atoms with Crippen LogP contribution in [0.4, 0.5) is 13.2 Å². The minimum atomic E-state index is -4.83. The third-order valence-electron chi connectivity index (χ3n) is 6.36. The highest BCUT2D eigenvalue weighted by Gasteiger charge is 2.31. The van der Waals surface area contributed by atoms with Gasteiger partial charge in [0.25, 0.3) is 0 Å². The van der Waals surface area contributed by atoms with Gasteiger partial charge in [0.15, 0.2) is 15.5 Å². The molecule has 0 aliphatic rings. The minimum absolute atomic E-state index is 0.0919. The monoisotopic (exact) mass is 611 g/mol. The van der Waals surface area contributed by atoms with E-state index in [1.807, 2.05) is 0 Å². The number of rotatable bonds is 8. The van der Waals surface area contributed by atoms with Gasteiger partial charge in [0.2, 0.25) is 0 Å². The number of alkyl halides is 3. The molecule has 0 fully saturated rings. The molecule has 0 amide bonds. The first kappa shape index (κ1) is 29.5. The zero-order valence-corrected chi connectivity index (χ0v) is 23.8. The van der Waals surface area contributed by atoms with E-state index in [2.05, 4.69) is 20.0 Å². The zero-order chi connectivity index (χ0) is 30.9. The van der Waals surface area contributed by atoms with Crippen molar-refractivity contribution in [3.05, 3.63) is 90.6 Å². The first-order chi connectivity index (χ1) is 20.3. The summed E-state index contributed by atoms with van der Waals surface area (Å²) in [6, 6.07) is 17.0. The quantitative estimate of drug-likeness (QED) is 0.209. The van der Waals surface area contributed by atoms with Gasteiger partial charge in [-0.05, 0) is 73.5 Å². The highest BCUT2D eigenvalue weighted by molar-refractivity contribution is 7.90. The summed E-state index contributed by atoms with van der Waals surface area (Å²) in [7, 11) is -3.48. The van der Waals surface area contributed by atoms with Gasteiger partial charge < -0.3 is 14.0 Å². The van der Waals surface area contributed by atoms with Gasteiger partial charge in [-0.25, -0.2) is 22.9 Å². The first-order valence-corrected chi connectivity index (χ1v) is 14.7. The Morgan fingerprint density at radius 1 is 0.953 bits per heavy atom. The van der Waals surface area contributed by atoms with Crippen LogP contribution in [0.15, 0.2) is 84.0 Å². The molecule has 43 heavy (non-hydrogen) atoms. The molecule has 0 radical (unpaired) electrons. The fourth-order valence-corrected chi connectivity index (χ4v) is 5.11. The summed E-state index contributed by atoms with van der Waals surface area (Å²) in [6.07, 6.45) is -0.739. The van der Waals surface area contributed by atoms with Crippen LogP contribution < -0.4 is 4.74 Å². The Kier molecular flexibility index (Phi) is 7.80. The van der Waals surface area contributed by atoms with Gasteiger partial charge in [0, 0.05) is 18.0 Å². The molecule has 3 aromatic carbocycles. The molecule has 0 N–H and O–H groups in total. The van der Waals surface area contributed by atoms with Gasteiger partial charge in [-0.1, -0.05) is 23.4 Å². The molecule has 0 saturated carbocycles. The van der Waals surface area contributed by atoms with Crippen LogP contribution in [-0.2, 0) is 14.6 Å². The molecule has 5 aromatic rings. The number of sulfone groups is 1.